The summed E-state index contributed by atoms with van der Waals surface area (Å²) >= 11 is 0. The highest BCUT2D eigenvalue weighted by Crippen LogP contribution is 2.38. The van der Waals surface area contributed by atoms with Crippen molar-refractivity contribution < 1.29 is 28.5 Å². The number of hydrogen-bond donors (Lipinski definition) is 0. The van der Waals surface area contributed by atoms with Gasteiger partial charge in [0.15, 0.2) is 23.0 Å². The molecule has 6 heteroatoms. The molecule has 0 aliphatic heterocycles. The first kappa shape index (κ1) is 17.5. The Kier molecular flexibility index (Phi) is 4.67. The maximum atomic E-state index is 12.8. The largest absolute Gasteiger partial charge is 0.497 e. The Balaban J connectivity index is 2.28. The molecule has 0 amide bonds. The molecule has 0 aromatic heterocycles. The lowest BCUT2D eigenvalue weighted by molar-refractivity contribution is 0.0917. The Morgan fingerprint density at radius 1 is 0.731 bits per heavy atom. The summed E-state index contributed by atoms with van der Waals surface area (Å²) in [6, 6.07) is 8.55. The van der Waals surface area contributed by atoms with Gasteiger partial charge in [-0.25, -0.2) is 0 Å². The van der Waals surface area contributed by atoms with Crippen LogP contribution in [0.4, 0.5) is 0 Å². The summed E-state index contributed by atoms with van der Waals surface area (Å²) in [6.07, 6.45) is 1.20. The molecule has 0 saturated heterocycles. The molecule has 3 rings (SSSR count). The normalized spacial score (nSPS) is 13.0. The molecule has 1 aliphatic carbocycles. The molecule has 0 unspecified atom stereocenters. The number of carbonyl (C=O) groups excluding carboxylic acids is 2. The highest BCUT2D eigenvalue weighted by Gasteiger charge is 2.30. The van der Waals surface area contributed by atoms with E-state index in [1.807, 2.05) is 0 Å². The van der Waals surface area contributed by atoms with Gasteiger partial charge in [0.2, 0.25) is 5.78 Å². The number of ketones is 2. The zero-order chi connectivity index (χ0) is 18.8. The van der Waals surface area contributed by atoms with E-state index in [1.54, 1.807) is 37.4 Å². The molecule has 2 aromatic carbocycles. The van der Waals surface area contributed by atoms with E-state index in [-0.39, 0.29) is 28.5 Å². The van der Waals surface area contributed by atoms with Crippen LogP contribution in [0.2, 0.25) is 0 Å². The van der Waals surface area contributed by atoms with E-state index in [0.29, 0.717) is 28.4 Å². The lowest BCUT2D eigenvalue weighted by Gasteiger charge is -2.19. The SMILES string of the molecule is COC1=CC(=O)c2cc(OC)cc(-c3ccc(OC)c(OC)c3)c2C1=O. The van der Waals surface area contributed by atoms with Gasteiger partial charge in [-0.05, 0) is 35.4 Å². The van der Waals surface area contributed by atoms with Gasteiger partial charge in [-0.15, -0.1) is 0 Å². The smallest absolute Gasteiger partial charge is 0.229 e. The molecule has 26 heavy (non-hydrogen) atoms. The fourth-order valence-corrected chi connectivity index (χ4v) is 2.94. The molecule has 134 valence electrons. The summed E-state index contributed by atoms with van der Waals surface area (Å²) < 4.78 is 21.0. The Morgan fingerprint density at radius 2 is 1.42 bits per heavy atom. The van der Waals surface area contributed by atoms with Gasteiger partial charge in [-0.3, -0.25) is 9.59 Å². The molecule has 0 N–H and O–H groups in total. The Labute approximate surface area is 150 Å². The summed E-state index contributed by atoms with van der Waals surface area (Å²) in [4.78, 5) is 25.3. The highest BCUT2D eigenvalue weighted by atomic mass is 16.5. The van der Waals surface area contributed by atoms with Crippen LogP contribution in [0, 0.1) is 0 Å². The second-order valence-electron chi connectivity index (χ2n) is 5.57. The van der Waals surface area contributed by atoms with Crippen LogP contribution < -0.4 is 14.2 Å². The van der Waals surface area contributed by atoms with Crippen LogP contribution in [0.25, 0.3) is 11.1 Å². The number of Topliss-reactive ketones (excluding diaryl/α,β-unsaturated/α-hetero) is 1. The monoisotopic (exact) mass is 354 g/mol. The minimum absolute atomic E-state index is 0.00870. The van der Waals surface area contributed by atoms with Crippen LogP contribution in [0.5, 0.6) is 17.2 Å². The van der Waals surface area contributed by atoms with Crippen LogP contribution in [-0.4, -0.2) is 40.0 Å². The van der Waals surface area contributed by atoms with Gasteiger partial charge in [-0.2, -0.15) is 0 Å². The molecule has 0 fully saturated rings. The fraction of sp³-hybridized carbons (Fsp3) is 0.200. The summed E-state index contributed by atoms with van der Waals surface area (Å²) in [6.45, 7) is 0. The molecule has 2 aromatic rings. The van der Waals surface area contributed by atoms with E-state index in [1.165, 1.54) is 27.4 Å². The van der Waals surface area contributed by atoms with Crippen molar-refractivity contribution in [1.82, 2.24) is 0 Å². The van der Waals surface area contributed by atoms with Gasteiger partial charge in [0.25, 0.3) is 0 Å². The van der Waals surface area contributed by atoms with E-state index in [9.17, 15) is 9.59 Å². The molecular weight excluding hydrogens is 336 g/mol. The second kappa shape index (κ2) is 6.92. The van der Waals surface area contributed by atoms with E-state index < -0.39 is 0 Å². The van der Waals surface area contributed by atoms with Crippen LogP contribution >= 0.6 is 0 Å². The first-order valence-electron chi connectivity index (χ1n) is 7.83. The summed E-state index contributed by atoms with van der Waals surface area (Å²) in [7, 11) is 5.94. The second-order valence-corrected chi connectivity index (χ2v) is 5.57. The van der Waals surface area contributed by atoms with Crippen LogP contribution in [-0.2, 0) is 4.74 Å². The first-order chi connectivity index (χ1) is 12.5. The number of benzene rings is 2. The molecule has 0 saturated carbocycles. The average Bonchev–Trinajstić information content (AvgIpc) is 2.68. The summed E-state index contributed by atoms with van der Waals surface area (Å²) in [5, 5.41) is 0. The Morgan fingerprint density at radius 3 is 2.04 bits per heavy atom. The maximum Gasteiger partial charge on any atom is 0.229 e. The zero-order valence-corrected chi connectivity index (χ0v) is 14.9. The average molecular weight is 354 g/mol. The Hall–Kier alpha value is -3.28. The van der Waals surface area contributed by atoms with Crippen molar-refractivity contribution in [2.45, 2.75) is 0 Å². The van der Waals surface area contributed by atoms with Crippen LogP contribution in [0.1, 0.15) is 20.7 Å². The number of ether oxygens (including phenoxy) is 4. The molecule has 0 atom stereocenters. The Bertz CT molecular complexity index is 926. The molecule has 0 bridgehead atoms. The summed E-state index contributed by atoms with van der Waals surface area (Å²) in [5.74, 6) is 0.900. The highest BCUT2D eigenvalue weighted by molar-refractivity contribution is 6.26. The third-order valence-electron chi connectivity index (χ3n) is 4.24. The predicted octanol–water partition coefficient (Wildman–Crippen LogP) is 3.29. The molecule has 1 aliphatic rings. The number of methoxy groups -OCH3 is 4. The zero-order valence-electron chi connectivity index (χ0n) is 14.9. The van der Waals surface area contributed by atoms with Gasteiger partial charge < -0.3 is 18.9 Å². The molecule has 0 heterocycles. The molecular formula is C20H18O6. The van der Waals surface area contributed by atoms with Crippen molar-refractivity contribution in [3.63, 3.8) is 0 Å². The van der Waals surface area contributed by atoms with E-state index in [0.717, 1.165) is 0 Å². The molecule has 6 nitrogen and oxygen atoms in total. The number of hydrogen-bond acceptors (Lipinski definition) is 6. The standard InChI is InChI=1S/C20H18O6/c1-23-12-8-13(11-5-6-16(24-2)17(7-11)25-3)19-14(9-12)15(21)10-18(26-4)20(19)22/h5-10H,1-4H3. The van der Waals surface area contributed by atoms with Gasteiger partial charge >= 0.3 is 0 Å². The van der Waals surface area contributed by atoms with Gasteiger partial charge in [0.1, 0.15) is 5.75 Å². The fourth-order valence-electron chi connectivity index (χ4n) is 2.94. The third-order valence-corrected chi connectivity index (χ3v) is 4.24. The van der Waals surface area contributed by atoms with Crippen molar-refractivity contribution in [1.29, 1.82) is 0 Å². The van der Waals surface area contributed by atoms with Crippen LogP contribution in [0.3, 0.4) is 0 Å². The lowest BCUT2D eigenvalue weighted by Crippen LogP contribution is -2.19. The van der Waals surface area contributed by atoms with E-state index >= 15 is 0 Å². The third kappa shape index (κ3) is 2.79. The van der Waals surface area contributed by atoms with Crippen molar-refractivity contribution in [2.75, 3.05) is 28.4 Å². The van der Waals surface area contributed by atoms with Crippen molar-refractivity contribution in [3.8, 4) is 28.4 Å². The van der Waals surface area contributed by atoms with Crippen LogP contribution in [0.15, 0.2) is 42.2 Å². The topological polar surface area (TPSA) is 71.1 Å². The van der Waals surface area contributed by atoms with Crippen molar-refractivity contribution >= 4 is 11.6 Å². The van der Waals surface area contributed by atoms with Gasteiger partial charge in [0.05, 0.1) is 28.4 Å². The quantitative estimate of drug-likeness (QED) is 0.821. The van der Waals surface area contributed by atoms with Gasteiger partial charge in [0, 0.05) is 17.2 Å². The predicted molar refractivity (Wildman–Crippen MR) is 95.3 cm³/mol. The number of fused-ring (bicyclic) bond motifs is 1. The molecule has 0 radical (unpaired) electrons. The minimum atomic E-state index is -0.352. The summed E-state index contributed by atoms with van der Waals surface area (Å²) in [5.41, 5.74) is 1.81. The maximum absolute atomic E-state index is 12.8. The molecule has 0 spiro atoms. The van der Waals surface area contributed by atoms with E-state index in [2.05, 4.69) is 0 Å². The minimum Gasteiger partial charge on any atom is -0.497 e. The number of carbonyl (C=O) groups is 2. The number of allylic oxidation sites excluding steroid dienone is 2. The number of rotatable bonds is 5. The van der Waals surface area contributed by atoms with Crippen molar-refractivity contribution in [3.05, 3.63) is 53.3 Å². The van der Waals surface area contributed by atoms with Crippen molar-refractivity contribution in [2.24, 2.45) is 0 Å². The van der Waals surface area contributed by atoms with Gasteiger partial charge in [-0.1, -0.05) is 6.07 Å². The lowest BCUT2D eigenvalue weighted by atomic mass is 9.86. The first-order valence-corrected chi connectivity index (χ1v) is 7.83. The van der Waals surface area contributed by atoms with E-state index in [4.69, 9.17) is 18.9 Å².